The number of benzene rings is 1. The van der Waals surface area contributed by atoms with Gasteiger partial charge in [-0.15, -0.1) is 0 Å². The van der Waals surface area contributed by atoms with E-state index in [0.29, 0.717) is 5.02 Å². The number of hydrogen-bond acceptors (Lipinski definition) is 4. The number of carbonyl (C=O) groups is 1. The molecule has 1 amide bonds. The van der Waals surface area contributed by atoms with Gasteiger partial charge in [-0.25, -0.2) is 8.42 Å². The van der Waals surface area contributed by atoms with Crippen LogP contribution in [0.15, 0.2) is 45.9 Å². The Kier molecular flexibility index (Phi) is 4.87. The van der Waals surface area contributed by atoms with Gasteiger partial charge in [0, 0.05) is 31.2 Å². The number of carbonyl (C=O) groups excluding carboxylic acids is 1. The Morgan fingerprint density at radius 3 is 2.38 bits per heavy atom. The molecule has 0 N–H and O–H groups in total. The van der Waals surface area contributed by atoms with Crippen LogP contribution < -0.4 is 0 Å². The Morgan fingerprint density at radius 2 is 1.79 bits per heavy atom. The van der Waals surface area contributed by atoms with Crippen molar-refractivity contribution in [3.05, 3.63) is 52.4 Å². The third-order valence-corrected chi connectivity index (χ3v) is 6.39. The van der Waals surface area contributed by atoms with E-state index < -0.39 is 10.0 Å². The molecule has 2 aromatic rings. The minimum Gasteiger partial charge on any atom is -0.459 e. The van der Waals surface area contributed by atoms with E-state index in [-0.39, 0.29) is 47.8 Å². The first-order chi connectivity index (χ1) is 11.4. The summed E-state index contributed by atoms with van der Waals surface area (Å²) in [5.41, 5.74) is 0. The van der Waals surface area contributed by atoms with Crippen molar-refractivity contribution in [2.24, 2.45) is 0 Å². The minimum atomic E-state index is -3.73. The first-order valence-electron chi connectivity index (χ1n) is 7.17. The predicted octanol–water partition coefficient (Wildman–Crippen LogP) is 2.73. The van der Waals surface area contributed by atoms with E-state index in [2.05, 4.69) is 0 Å². The standard InChI is InChI=1S/C15H14Cl2N2O4S/c16-11-3-4-14(12(17)10-11)24(21,22)19-7-5-18(6-8-19)15(20)13-2-1-9-23-13/h1-4,9-10H,5-8H2. The summed E-state index contributed by atoms with van der Waals surface area (Å²) in [4.78, 5) is 13.8. The number of sulfonamides is 1. The fourth-order valence-electron chi connectivity index (χ4n) is 2.51. The lowest BCUT2D eigenvalue weighted by Crippen LogP contribution is -2.50. The summed E-state index contributed by atoms with van der Waals surface area (Å²) in [7, 11) is -3.73. The first-order valence-corrected chi connectivity index (χ1v) is 9.37. The van der Waals surface area contributed by atoms with Crippen molar-refractivity contribution >= 4 is 39.1 Å². The molecule has 0 unspecified atom stereocenters. The molecular weight excluding hydrogens is 375 g/mol. The number of halogens is 2. The molecule has 1 fully saturated rings. The summed E-state index contributed by atoms with van der Waals surface area (Å²) in [5.74, 6) is -0.00590. The van der Waals surface area contributed by atoms with Crippen LogP contribution in [0.2, 0.25) is 10.0 Å². The van der Waals surface area contributed by atoms with Crippen LogP contribution in [0.5, 0.6) is 0 Å². The highest BCUT2D eigenvalue weighted by Gasteiger charge is 2.32. The molecule has 1 aromatic heterocycles. The monoisotopic (exact) mass is 388 g/mol. The summed E-state index contributed by atoms with van der Waals surface area (Å²) >= 11 is 11.8. The molecule has 24 heavy (non-hydrogen) atoms. The van der Waals surface area contributed by atoms with E-state index in [0.717, 1.165) is 0 Å². The highest BCUT2D eigenvalue weighted by Crippen LogP contribution is 2.28. The highest BCUT2D eigenvalue weighted by atomic mass is 35.5. The summed E-state index contributed by atoms with van der Waals surface area (Å²) in [6.07, 6.45) is 1.43. The lowest BCUT2D eigenvalue weighted by molar-refractivity contribution is 0.0666. The average Bonchev–Trinajstić information content (AvgIpc) is 3.08. The molecule has 0 bridgehead atoms. The average molecular weight is 389 g/mol. The molecule has 0 saturated carbocycles. The van der Waals surface area contributed by atoms with Gasteiger partial charge in [-0.2, -0.15) is 4.31 Å². The predicted molar refractivity (Wildman–Crippen MR) is 89.8 cm³/mol. The zero-order valence-corrected chi connectivity index (χ0v) is 14.8. The Morgan fingerprint density at radius 1 is 1.08 bits per heavy atom. The van der Waals surface area contributed by atoms with Crippen LogP contribution >= 0.6 is 23.2 Å². The van der Waals surface area contributed by atoms with Crippen LogP contribution in [-0.4, -0.2) is 49.7 Å². The van der Waals surface area contributed by atoms with Crippen LogP contribution in [0.4, 0.5) is 0 Å². The molecule has 1 saturated heterocycles. The number of hydrogen-bond donors (Lipinski definition) is 0. The maximum atomic E-state index is 12.7. The van der Waals surface area contributed by atoms with Crippen LogP contribution in [0.25, 0.3) is 0 Å². The Hall–Kier alpha value is -1.54. The van der Waals surface area contributed by atoms with Gasteiger partial charge in [0.05, 0.1) is 11.3 Å². The van der Waals surface area contributed by atoms with Gasteiger partial charge in [-0.05, 0) is 30.3 Å². The maximum Gasteiger partial charge on any atom is 0.289 e. The van der Waals surface area contributed by atoms with Crippen LogP contribution in [0, 0.1) is 0 Å². The zero-order valence-electron chi connectivity index (χ0n) is 12.5. The van der Waals surface area contributed by atoms with Gasteiger partial charge >= 0.3 is 0 Å². The third-order valence-electron chi connectivity index (χ3n) is 3.77. The van der Waals surface area contributed by atoms with E-state index >= 15 is 0 Å². The van der Waals surface area contributed by atoms with E-state index in [9.17, 15) is 13.2 Å². The molecule has 6 nitrogen and oxygen atoms in total. The second kappa shape index (κ2) is 6.76. The van der Waals surface area contributed by atoms with Crippen molar-refractivity contribution < 1.29 is 17.6 Å². The van der Waals surface area contributed by atoms with Gasteiger partial charge in [0.25, 0.3) is 5.91 Å². The lowest BCUT2D eigenvalue weighted by Gasteiger charge is -2.33. The fraction of sp³-hybridized carbons (Fsp3) is 0.267. The Bertz CT molecular complexity index is 844. The first kappa shape index (κ1) is 17.3. The molecule has 3 rings (SSSR count). The van der Waals surface area contributed by atoms with E-state index in [1.807, 2.05) is 0 Å². The van der Waals surface area contributed by atoms with E-state index in [4.69, 9.17) is 27.6 Å². The maximum absolute atomic E-state index is 12.7. The summed E-state index contributed by atoms with van der Waals surface area (Å²) in [5, 5.41) is 0.449. The van der Waals surface area contributed by atoms with Gasteiger partial charge in [0.1, 0.15) is 4.90 Å². The second-order valence-electron chi connectivity index (χ2n) is 5.25. The lowest BCUT2D eigenvalue weighted by atomic mass is 10.3. The number of rotatable bonds is 3. The van der Waals surface area contributed by atoms with E-state index in [1.165, 1.54) is 28.8 Å². The number of nitrogens with zero attached hydrogens (tertiary/aromatic N) is 2. The second-order valence-corrected chi connectivity index (χ2v) is 8.00. The summed E-state index contributed by atoms with van der Waals surface area (Å²) in [6, 6.07) is 7.49. The molecule has 128 valence electrons. The number of amides is 1. The normalized spacial score (nSPS) is 16.3. The van der Waals surface area contributed by atoms with Gasteiger partial charge in [0.15, 0.2) is 5.76 Å². The molecule has 0 atom stereocenters. The quantitative estimate of drug-likeness (QED) is 0.810. The Balaban J connectivity index is 1.73. The molecule has 1 aliphatic heterocycles. The number of piperazine rings is 1. The van der Waals surface area contributed by atoms with Gasteiger partial charge in [-0.1, -0.05) is 23.2 Å². The van der Waals surface area contributed by atoms with Gasteiger partial charge in [0.2, 0.25) is 10.0 Å². The molecular formula is C15H14Cl2N2O4S. The molecule has 0 aliphatic carbocycles. The summed E-state index contributed by atoms with van der Waals surface area (Å²) < 4.78 is 31.8. The van der Waals surface area contributed by atoms with Crippen molar-refractivity contribution in [1.82, 2.24) is 9.21 Å². The molecule has 9 heteroatoms. The summed E-state index contributed by atoms with van der Waals surface area (Å²) in [6.45, 7) is 0.940. The van der Waals surface area contributed by atoms with Crippen molar-refractivity contribution in [2.45, 2.75) is 4.90 Å². The van der Waals surface area contributed by atoms with Crippen molar-refractivity contribution in [3.8, 4) is 0 Å². The molecule has 0 radical (unpaired) electrons. The number of furan rings is 1. The zero-order chi connectivity index (χ0) is 17.3. The van der Waals surface area contributed by atoms with Crippen LogP contribution in [-0.2, 0) is 10.0 Å². The minimum absolute atomic E-state index is 0.0133. The molecule has 2 heterocycles. The highest BCUT2D eigenvalue weighted by molar-refractivity contribution is 7.89. The SMILES string of the molecule is O=C(c1ccco1)N1CCN(S(=O)(=O)c2ccc(Cl)cc2Cl)CC1. The Labute approximate surface area is 149 Å². The smallest absolute Gasteiger partial charge is 0.289 e. The van der Waals surface area contributed by atoms with Crippen LogP contribution in [0.1, 0.15) is 10.6 Å². The van der Waals surface area contributed by atoms with Crippen molar-refractivity contribution in [2.75, 3.05) is 26.2 Å². The van der Waals surface area contributed by atoms with Gasteiger partial charge in [-0.3, -0.25) is 4.79 Å². The van der Waals surface area contributed by atoms with Crippen molar-refractivity contribution in [3.63, 3.8) is 0 Å². The topological polar surface area (TPSA) is 70.8 Å². The molecule has 1 aliphatic rings. The third kappa shape index (κ3) is 3.30. The van der Waals surface area contributed by atoms with Gasteiger partial charge < -0.3 is 9.32 Å². The van der Waals surface area contributed by atoms with E-state index in [1.54, 1.807) is 17.0 Å². The molecule has 0 spiro atoms. The van der Waals surface area contributed by atoms with Crippen LogP contribution in [0.3, 0.4) is 0 Å². The largest absolute Gasteiger partial charge is 0.459 e. The van der Waals surface area contributed by atoms with Crippen molar-refractivity contribution in [1.29, 1.82) is 0 Å². The molecule has 1 aromatic carbocycles. The fourth-order valence-corrected chi connectivity index (χ4v) is 4.68.